The van der Waals surface area contributed by atoms with Gasteiger partial charge in [0, 0.05) is 6.04 Å². The monoisotopic (exact) mass is 240 g/mol. The highest BCUT2D eigenvalue weighted by Gasteiger charge is 2.47. The third-order valence-corrected chi connectivity index (χ3v) is 3.71. The van der Waals surface area contributed by atoms with E-state index in [2.05, 4.69) is 19.2 Å². The molecule has 1 atom stereocenters. The Morgan fingerprint density at radius 3 is 2.18 bits per heavy atom. The first-order valence-electron chi connectivity index (χ1n) is 6.54. The van der Waals surface area contributed by atoms with E-state index in [1.54, 1.807) is 4.90 Å². The third kappa shape index (κ3) is 2.31. The van der Waals surface area contributed by atoms with Crippen molar-refractivity contribution < 1.29 is 9.59 Å². The Bertz CT molecular complexity index is 309. The Balaban J connectivity index is 3.09. The predicted molar refractivity (Wildman–Crippen MR) is 67.5 cm³/mol. The summed E-state index contributed by atoms with van der Waals surface area (Å²) in [7, 11) is 0. The fourth-order valence-electron chi connectivity index (χ4n) is 2.52. The molecule has 17 heavy (non-hydrogen) atoms. The average Bonchev–Trinajstić information content (AvgIpc) is 2.29. The highest BCUT2D eigenvalue weighted by molar-refractivity contribution is 5.99. The molecule has 0 spiro atoms. The van der Waals surface area contributed by atoms with Crippen LogP contribution in [0.15, 0.2) is 0 Å². The van der Waals surface area contributed by atoms with Crippen molar-refractivity contribution in [1.29, 1.82) is 0 Å². The number of hydrogen-bond donors (Lipinski definition) is 1. The van der Waals surface area contributed by atoms with Crippen molar-refractivity contribution in [3.63, 3.8) is 0 Å². The molecule has 98 valence electrons. The fourth-order valence-corrected chi connectivity index (χ4v) is 2.52. The molecule has 1 heterocycles. The second-order valence-corrected chi connectivity index (χ2v) is 5.17. The molecule has 0 aromatic rings. The summed E-state index contributed by atoms with van der Waals surface area (Å²) in [4.78, 5) is 26.3. The van der Waals surface area contributed by atoms with Crippen LogP contribution in [0.5, 0.6) is 0 Å². The number of rotatable bonds is 4. The van der Waals surface area contributed by atoms with Gasteiger partial charge in [-0.05, 0) is 33.1 Å². The third-order valence-electron chi connectivity index (χ3n) is 3.71. The number of nitrogens with one attached hydrogen (secondary N) is 1. The van der Waals surface area contributed by atoms with Crippen LogP contribution >= 0.6 is 0 Å². The van der Waals surface area contributed by atoms with Gasteiger partial charge in [-0.25, -0.2) is 0 Å². The van der Waals surface area contributed by atoms with E-state index < -0.39 is 5.54 Å². The van der Waals surface area contributed by atoms with Crippen molar-refractivity contribution in [1.82, 2.24) is 10.2 Å². The molecule has 1 N–H and O–H groups in total. The normalized spacial score (nSPS) is 24.1. The molecular weight excluding hydrogens is 216 g/mol. The average molecular weight is 240 g/mol. The Hall–Kier alpha value is -1.06. The smallest absolute Gasteiger partial charge is 0.246 e. The highest BCUT2D eigenvalue weighted by atomic mass is 16.2. The summed E-state index contributed by atoms with van der Waals surface area (Å²) in [5, 5.41) is 2.81. The molecule has 1 rings (SSSR count). The lowest BCUT2D eigenvalue weighted by Crippen LogP contribution is -2.70. The van der Waals surface area contributed by atoms with Crippen LogP contribution < -0.4 is 5.32 Å². The van der Waals surface area contributed by atoms with Crippen molar-refractivity contribution in [2.45, 2.75) is 71.5 Å². The Morgan fingerprint density at radius 1 is 1.24 bits per heavy atom. The minimum absolute atomic E-state index is 0.0455. The van der Waals surface area contributed by atoms with Gasteiger partial charge >= 0.3 is 0 Å². The highest BCUT2D eigenvalue weighted by Crippen LogP contribution is 2.27. The van der Waals surface area contributed by atoms with E-state index in [0.717, 1.165) is 12.8 Å². The van der Waals surface area contributed by atoms with Gasteiger partial charge in [0.15, 0.2) is 0 Å². The lowest BCUT2D eigenvalue weighted by Gasteiger charge is -2.48. The second-order valence-electron chi connectivity index (χ2n) is 5.17. The summed E-state index contributed by atoms with van der Waals surface area (Å²) < 4.78 is 0. The Labute approximate surface area is 104 Å². The van der Waals surface area contributed by atoms with E-state index >= 15 is 0 Å². The van der Waals surface area contributed by atoms with Gasteiger partial charge in [-0.3, -0.25) is 9.59 Å². The molecule has 4 nitrogen and oxygen atoms in total. The van der Waals surface area contributed by atoms with Crippen LogP contribution in [0.25, 0.3) is 0 Å². The van der Waals surface area contributed by atoms with Crippen LogP contribution in [0.4, 0.5) is 0 Å². The summed E-state index contributed by atoms with van der Waals surface area (Å²) in [6.45, 7) is 9.69. The molecule has 0 aliphatic carbocycles. The largest absolute Gasteiger partial charge is 0.342 e. The van der Waals surface area contributed by atoms with Gasteiger partial charge in [0.25, 0.3) is 0 Å². The first-order valence-corrected chi connectivity index (χ1v) is 6.54. The van der Waals surface area contributed by atoms with Crippen molar-refractivity contribution in [2.24, 2.45) is 0 Å². The quantitative estimate of drug-likeness (QED) is 0.813. The van der Waals surface area contributed by atoms with Crippen molar-refractivity contribution in [3.8, 4) is 0 Å². The maximum Gasteiger partial charge on any atom is 0.246 e. The maximum atomic E-state index is 12.4. The number of carbonyl (C=O) groups excluding carboxylic acids is 2. The summed E-state index contributed by atoms with van der Waals surface area (Å²) in [5.74, 6) is 0.0154. The molecule has 1 aliphatic rings. The van der Waals surface area contributed by atoms with Gasteiger partial charge in [0.2, 0.25) is 11.8 Å². The summed E-state index contributed by atoms with van der Waals surface area (Å²) in [5.41, 5.74) is -0.737. The van der Waals surface area contributed by atoms with Gasteiger partial charge in [-0.1, -0.05) is 20.8 Å². The molecule has 1 unspecified atom stereocenters. The van der Waals surface area contributed by atoms with Crippen LogP contribution in [-0.2, 0) is 9.59 Å². The number of piperazine rings is 1. The van der Waals surface area contributed by atoms with E-state index in [9.17, 15) is 9.59 Å². The van der Waals surface area contributed by atoms with Crippen molar-refractivity contribution in [3.05, 3.63) is 0 Å². The van der Waals surface area contributed by atoms with Crippen LogP contribution in [0, 0.1) is 0 Å². The lowest BCUT2D eigenvalue weighted by molar-refractivity contribution is -0.159. The van der Waals surface area contributed by atoms with Gasteiger partial charge in [-0.2, -0.15) is 0 Å². The molecule has 0 radical (unpaired) electrons. The van der Waals surface area contributed by atoms with Crippen molar-refractivity contribution in [2.75, 3.05) is 0 Å². The minimum atomic E-state index is -0.737. The van der Waals surface area contributed by atoms with E-state index in [1.165, 1.54) is 0 Å². The first kappa shape index (κ1) is 14.0. The molecular formula is C13H24N2O2. The number of nitrogens with zero attached hydrogens (tertiary/aromatic N) is 1. The molecule has 0 saturated carbocycles. The van der Waals surface area contributed by atoms with Gasteiger partial charge < -0.3 is 10.2 Å². The van der Waals surface area contributed by atoms with E-state index in [4.69, 9.17) is 0 Å². The molecule has 0 aromatic carbocycles. The topological polar surface area (TPSA) is 49.4 Å². The van der Waals surface area contributed by atoms with Crippen LogP contribution in [-0.4, -0.2) is 34.3 Å². The number of hydrogen-bond acceptors (Lipinski definition) is 2. The van der Waals surface area contributed by atoms with E-state index in [1.807, 2.05) is 20.8 Å². The van der Waals surface area contributed by atoms with E-state index in [-0.39, 0.29) is 23.9 Å². The molecule has 1 aliphatic heterocycles. The molecule has 0 aromatic heterocycles. The van der Waals surface area contributed by atoms with Crippen LogP contribution in [0.2, 0.25) is 0 Å². The van der Waals surface area contributed by atoms with Gasteiger partial charge in [0.1, 0.15) is 11.6 Å². The number of carbonyl (C=O) groups is 2. The van der Waals surface area contributed by atoms with Crippen molar-refractivity contribution >= 4 is 11.8 Å². The second kappa shape index (κ2) is 5.07. The first-order chi connectivity index (χ1) is 7.89. The van der Waals surface area contributed by atoms with Gasteiger partial charge in [0.05, 0.1) is 0 Å². The summed E-state index contributed by atoms with van der Waals surface area (Å²) >= 11 is 0. The summed E-state index contributed by atoms with van der Waals surface area (Å²) in [6.07, 6.45) is 2.42. The lowest BCUT2D eigenvalue weighted by atomic mass is 9.91. The molecule has 4 heteroatoms. The zero-order valence-corrected chi connectivity index (χ0v) is 11.5. The van der Waals surface area contributed by atoms with Crippen LogP contribution in [0.3, 0.4) is 0 Å². The minimum Gasteiger partial charge on any atom is -0.342 e. The predicted octanol–water partition coefficient (Wildman–Crippen LogP) is 1.69. The Kier molecular flexibility index (Phi) is 4.17. The molecule has 1 saturated heterocycles. The zero-order chi connectivity index (χ0) is 13.2. The summed E-state index contributed by atoms with van der Waals surface area (Å²) in [6, 6.07) is -0.200. The van der Waals surface area contributed by atoms with Crippen LogP contribution in [0.1, 0.15) is 53.9 Å². The molecule has 0 bridgehead atoms. The van der Waals surface area contributed by atoms with E-state index in [0.29, 0.717) is 6.42 Å². The fraction of sp³-hybridized carbons (Fsp3) is 0.846. The zero-order valence-electron chi connectivity index (χ0n) is 11.5. The standard InChI is InChI=1S/C13H24N2O2/c1-6-9(7-2)15-11(16)10(8-3)14-12(17)13(15,4)5/h9-10H,6-8H2,1-5H3,(H,14,17). The number of amides is 2. The SMILES string of the molecule is CCC1NC(=O)C(C)(C)N(C(CC)CC)C1=O. The molecule has 1 fully saturated rings. The molecule has 2 amide bonds. The Morgan fingerprint density at radius 2 is 1.76 bits per heavy atom. The maximum absolute atomic E-state index is 12.4. The van der Waals surface area contributed by atoms with Gasteiger partial charge in [-0.15, -0.1) is 0 Å².